The predicted octanol–water partition coefficient (Wildman–Crippen LogP) is 1.03. The van der Waals surface area contributed by atoms with Crippen molar-refractivity contribution >= 4 is 39.1 Å². The molecule has 90 valence electrons. The number of carbonyl (C=O) groups excluding carboxylic acids is 1. The van der Waals surface area contributed by atoms with Gasteiger partial charge in [-0.1, -0.05) is 29.9 Å². The number of aliphatic carboxylic acids is 1. The van der Waals surface area contributed by atoms with Gasteiger partial charge in [-0.3, -0.25) is 9.36 Å². The standard InChI is InChI=1S/C11H10ClNO3S/c1-2-6-7(12)3-4-8-10(6)13(5-9(14)15)11(16)17-8/h3-4H,2,5H2,1H3,(H,14,15)/p-1. The molecule has 1 heterocycles. The molecule has 1 aromatic carbocycles. The largest absolute Gasteiger partial charge is 0.548 e. The first kappa shape index (κ1) is 12.1. The van der Waals surface area contributed by atoms with Crippen LogP contribution >= 0.6 is 22.9 Å². The number of nitrogens with zero attached hydrogens (tertiary/aromatic N) is 1. The van der Waals surface area contributed by atoms with Crippen molar-refractivity contribution in [3.63, 3.8) is 0 Å². The quantitative estimate of drug-likeness (QED) is 0.837. The summed E-state index contributed by atoms with van der Waals surface area (Å²) in [4.78, 5) is 22.0. The Bertz CT molecular complexity index is 644. The van der Waals surface area contributed by atoms with Gasteiger partial charge in [0.05, 0.1) is 22.7 Å². The minimum absolute atomic E-state index is 0.304. The summed E-state index contributed by atoms with van der Waals surface area (Å²) in [5.41, 5.74) is 1.41. The van der Waals surface area contributed by atoms with Crippen molar-refractivity contribution in [2.45, 2.75) is 19.9 Å². The van der Waals surface area contributed by atoms with E-state index in [0.29, 0.717) is 17.0 Å². The van der Waals surface area contributed by atoms with Crippen molar-refractivity contribution in [2.24, 2.45) is 0 Å². The van der Waals surface area contributed by atoms with E-state index in [2.05, 4.69) is 0 Å². The lowest BCUT2D eigenvalue weighted by molar-refractivity contribution is -0.306. The molecule has 4 nitrogen and oxygen atoms in total. The highest BCUT2D eigenvalue weighted by Gasteiger charge is 2.13. The van der Waals surface area contributed by atoms with E-state index in [1.54, 1.807) is 12.1 Å². The highest BCUT2D eigenvalue weighted by atomic mass is 35.5. The zero-order chi connectivity index (χ0) is 12.6. The Labute approximate surface area is 106 Å². The summed E-state index contributed by atoms with van der Waals surface area (Å²) < 4.78 is 1.96. The number of rotatable bonds is 3. The molecule has 0 saturated heterocycles. The maximum Gasteiger partial charge on any atom is 0.308 e. The highest BCUT2D eigenvalue weighted by molar-refractivity contribution is 7.16. The zero-order valence-electron chi connectivity index (χ0n) is 9.03. The van der Waals surface area contributed by atoms with Gasteiger partial charge in [0.2, 0.25) is 0 Å². The molecule has 2 rings (SSSR count). The summed E-state index contributed by atoms with van der Waals surface area (Å²) in [5, 5.41) is 11.2. The third-order valence-corrected chi connectivity index (χ3v) is 3.82. The second kappa shape index (κ2) is 4.50. The lowest BCUT2D eigenvalue weighted by Crippen LogP contribution is -2.31. The van der Waals surface area contributed by atoms with Crippen LogP contribution in [0.1, 0.15) is 12.5 Å². The van der Waals surface area contributed by atoms with E-state index < -0.39 is 12.5 Å². The summed E-state index contributed by atoms with van der Waals surface area (Å²) in [7, 11) is 0. The van der Waals surface area contributed by atoms with Crippen molar-refractivity contribution in [1.82, 2.24) is 4.57 Å². The van der Waals surface area contributed by atoms with Crippen molar-refractivity contribution in [3.8, 4) is 0 Å². The fourth-order valence-electron chi connectivity index (χ4n) is 1.82. The van der Waals surface area contributed by atoms with Crippen LogP contribution in [0.15, 0.2) is 16.9 Å². The van der Waals surface area contributed by atoms with Crippen molar-refractivity contribution in [1.29, 1.82) is 0 Å². The Morgan fingerprint density at radius 3 is 2.82 bits per heavy atom. The van der Waals surface area contributed by atoms with Gasteiger partial charge in [0.1, 0.15) is 0 Å². The molecule has 0 N–H and O–H groups in total. The molecule has 0 amide bonds. The Balaban J connectivity index is 2.81. The van der Waals surface area contributed by atoms with Crippen LogP contribution in [0, 0.1) is 0 Å². The SMILES string of the molecule is CCc1c(Cl)ccc2sc(=O)n(CC(=O)[O-])c12. The summed E-state index contributed by atoms with van der Waals surface area (Å²) in [6, 6.07) is 3.46. The summed E-state index contributed by atoms with van der Waals surface area (Å²) >= 11 is 7.06. The van der Waals surface area contributed by atoms with Crippen molar-refractivity contribution < 1.29 is 9.90 Å². The molecule has 0 aliphatic rings. The summed E-state index contributed by atoms with van der Waals surface area (Å²) in [6.45, 7) is 1.47. The molecule has 0 bridgehead atoms. The number of hydrogen-bond donors (Lipinski definition) is 0. The Morgan fingerprint density at radius 2 is 2.24 bits per heavy atom. The summed E-state index contributed by atoms with van der Waals surface area (Å²) in [6.07, 6.45) is 0.638. The molecule has 0 spiro atoms. The molecular formula is C11H9ClNO3S-. The van der Waals surface area contributed by atoms with Crippen LogP contribution in [0.25, 0.3) is 10.2 Å². The molecule has 2 aromatic rings. The zero-order valence-corrected chi connectivity index (χ0v) is 10.6. The van der Waals surface area contributed by atoms with Gasteiger partial charge in [0, 0.05) is 5.02 Å². The number of aromatic nitrogens is 1. The second-order valence-corrected chi connectivity index (χ2v) is 4.95. The Morgan fingerprint density at radius 1 is 1.53 bits per heavy atom. The maximum atomic E-state index is 11.7. The smallest absolute Gasteiger partial charge is 0.308 e. The van der Waals surface area contributed by atoms with E-state index in [1.165, 1.54) is 4.57 Å². The van der Waals surface area contributed by atoms with Crippen LogP contribution in [0.3, 0.4) is 0 Å². The average Bonchev–Trinajstić information content (AvgIpc) is 2.56. The number of carboxylic acid groups (broad SMARTS) is 1. The first-order valence-electron chi connectivity index (χ1n) is 5.05. The first-order chi connectivity index (χ1) is 8.04. The van der Waals surface area contributed by atoms with Crippen LogP contribution in [0.4, 0.5) is 0 Å². The molecule has 0 unspecified atom stereocenters. The summed E-state index contributed by atoms with van der Waals surface area (Å²) in [5.74, 6) is -1.28. The minimum Gasteiger partial charge on any atom is -0.548 e. The van der Waals surface area contributed by atoms with Gasteiger partial charge in [-0.25, -0.2) is 0 Å². The lowest BCUT2D eigenvalue weighted by Gasteiger charge is -2.09. The van der Waals surface area contributed by atoms with Crippen molar-refractivity contribution in [3.05, 3.63) is 32.4 Å². The van der Waals surface area contributed by atoms with Crippen LogP contribution in [0.2, 0.25) is 5.02 Å². The van der Waals surface area contributed by atoms with Gasteiger partial charge in [-0.05, 0) is 24.1 Å². The molecule has 0 radical (unpaired) electrons. The number of hydrogen-bond acceptors (Lipinski definition) is 4. The number of carboxylic acids is 1. The topological polar surface area (TPSA) is 62.1 Å². The molecule has 6 heteroatoms. The molecule has 0 fully saturated rings. The van der Waals surface area contributed by atoms with Gasteiger partial charge >= 0.3 is 4.87 Å². The minimum atomic E-state index is -1.28. The number of benzene rings is 1. The normalized spacial score (nSPS) is 10.9. The fraction of sp³-hybridized carbons (Fsp3) is 0.273. The molecule has 0 aliphatic heterocycles. The van der Waals surface area contributed by atoms with Crippen LogP contribution in [-0.4, -0.2) is 10.5 Å². The van der Waals surface area contributed by atoms with Gasteiger partial charge in [-0.15, -0.1) is 0 Å². The fourth-order valence-corrected chi connectivity index (χ4v) is 3.02. The van der Waals surface area contributed by atoms with Crippen LogP contribution in [-0.2, 0) is 17.8 Å². The second-order valence-electron chi connectivity index (χ2n) is 3.55. The molecular weight excluding hydrogens is 262 g/mol. The van der Waals surface area contributed by atoms with E-state index >= 15 is 0 Å². The van der Waals surface area contributed by atoms with E-state index in [-0.39, 0.29) is 4.87 Å². The van der Waals surface area contributed by atoms with E-state index in [1.807, 2.05) is 6.92 Å². The van der Waals surface area contributed by atoms with Gasteiger partial charge in [-0.2, -0.15) is 0 Å². The molecule has 0 atom stereocenters. The number of aryl methyl sites for hydroxylation is 1. The van der Waals surface area contributed by atoms with Crippen LogP contribution in [0.5, 0.6) is 0 Å². The number of carbonyl (C=O) groups is 1. The molecule has 0 aliphatic carbocycles. The Hall–Kier alpha value is -1.33. The predicted molar refractivity (Wildman–Crippen MR) is 65.5 cm³/mol. The van der Waals surface area contributed by atoms with E-state index in [9.17, 15) is 14.7 Å². The number of fused-ring (bicyclic) bond motifs is 1. The molecule has 1 aromatic heterocycles. The monoisotopic (exact) mass is 270 g/mol. The molecule has 17 heavy (non-hydrogen) atoms. The van der Waals surface area contributed by atoms with Crippen molar-refractivity contribution in [2.75, 3.05) is 0 Å². The average molecular weight is 271 g/mol. The van der Waals surface area contributed by atoms with E-state index in [0.717, 1.165) is 21.6 Å². The van der Waals surface area contributed by atoms with E-state index in [4.69, 9.17) is 11.6 Å². The molecule has 0 saturated carbocycles. The number of halogens is 1. The third kappa shape index (κ3) is 2.08. The van der Waals surface area contributed by atoms with Gasteiger partial charge in [0.15, 0.2) is 0 Å². The maximum absolute atomic E-state index is 11.7. The Kier molecular flexibility index (Phi) is 3.22. The highest BCUT2D eigenvalue weighted by Crippen LogP contribution is 2.28. The van der Waals surface area contributed by atoms with Gasteiger partial charge in [0.25, 0.3) is 0 Å². The van der Waals surface area contributed by atoms with Gasteiger partial charge < -0.3 is 9.90 Å². The number of thiazole rings is 1. The first-order valence-corrected chi connectivity index (χ1v) is 6.24. The lowest BCUT2D eigenvalue weighted by atomic mass is 10.1. The van der Waals surface area contributed by atoms with Crippen LogP contribution < -0.4 is 9.98 Å². The third-order valence-electron chi connectivity index (χ3n) is 2.52.